The maximum Gasteiger partial charge on any atom is 0.145 e. The summed E-state index contributed by atoms with van der Waals surface area (Å²) in [6.07, 6.45) is 3.77. The molecule has 1 aromatic heterocycles. The lowest BCUT2D eigenvalue weighted by Crippen LogP contribution is -2.46. The second kappa shape index (κ2) is 4.09. The van der Waals surface area contributed by atoms with Gasteiger partial charge in [0.15, 0.2) is 0 Å². The lowest BCUT2D eigenvalue weighted by atomic mass is 9.93. The van der Waals surface area contributed by atoms with E-state index in [2.05, 4.69) is 35.9 Å². The number of anilines is 1. The van der Waals surface area contributed by atoms with E-state index in [0.29, 0.717) is 11.9 Å². The summed E-state index contributed by atoms with van der Waals surface area (Å²) in [4.78, 5) is 2.55. The Hall–Kier alpha value is -1.03. The third kappa shape index (κ3) is 2.21. The van der Waals surface area contributed by atoms with Crippen molar-refractivity contribution in [2.45, 2.75) is 51.6 Å². The van der Waals surface area contributed by atoms with Crippen LogP contribution >= 0.6 is 0 Å². The fraction of sp³-hybridized carbons (Fsp3) is 0.750. The molecule has 0 bridgehead atoms. The maximum absolute atomic E-state index is 5.68. The Morgan fingerprint density at radius 1 is 1.44 bits per heavy atom. The summed E-state index contributed by atoms with van der Waals surface area (Å²) >= 11 is 0. The van der Waals surface area contributed by atoms with Gasteiger partial charge >= 0.3 is 0 Å². The first-order valence-electron chi connectivity index (χ1n) is 6.06. The summed E-state index contributed by atoms with van der Waals surface area (Å²) in [6, 6.07) is 2.41. The number of H-pyrrole nitrogens is 1. The number of hydrogen-bond acceptors (Lipinski definition) is 3. The summed E-state index contributed by atoms with van der Waals surface area (Å²) in [5.74, 6) is 0.592. The Morgan fingerprint density at radius 2 is 2.19 bits per heavy atom. The van der Waals surface area contributed by atoms with Crippen molar-refractivity contribution in [3.05, 3.63) is 11.8 Å². The Kier molecular flexibility index (Phi) is 2.93. The van der Waals surface area contributed by atoms with Gasteiger partial charge in [0.25, 0.3) is 0 Å². The fourth-order valence-corrected chi connectivity index (χ4v) is 2.58. The molecule has 1 aliphatic heterocycles. The van der Waals surface area contributed by atoms with Crippen LogP contribution in [0.2, 0.25) is 0 Å². The Balaban J connectivity index is 2.23. The first-order chi connectivity index (χ1) is 7.48. The lowest BCUT2D eigenvalue weighted by Gasteiger charge is -2.44. The number of hydrogen-bond donors (Lipinski definition) is 2. The molecule has 1 aromatic rings. The van der Waals surface area contributed by atoms with Crippen LogP contribution in [-0.2, 0) is 0 Å². The van der Waals surface area contributed by atoms with Crippen LogP contribution in [-0.4, -0.2) is 27.2 Å². The van der Waals surface area contributed by atoms with Crippen LogP contribution in [0.3, 0.4) is 0 Å². The molecule has 0 radical (unpaired) electrons. The van der Waals surface area contributed by atoms with E-state index in [0.717, 1.165) is 12.2 Å². The van der Waals surface area contributed by atoms with Crippen molar-refractivity contribution >= 4 is 5.82 Å². The quantitative estimate of drug-likeness (QED) is 0.766. The van der Waals surface area contributed by atoms with Crippen LogP contribution in [0, 0.1) is 0 Å². The molecule has 0 aliphatic carbocycles. The molecule has 1 unspecified atom stereocenters. The maximum atomic E-state index is 5.68. The predicted octanol–water partition coefficient (Wildman–Crippen LogP) is 2.32. The van der Waals surface area contributed by atoms with Crippen LogP contribution in [0.4, 0.5) is 5.82 Å². The highest BCUT2D eigenvalue weighted by molar-refractivity contribution is 5.30. The molecule has 2 rings (SSSR count). The second-order valence-corrected chi connectivity index (χ2v) is 5.62. The van der Waals surface area contributed by atoms with E-state index >= 15 is 0 Å². The molecule has 1 saturated heterocycles. The molecule has 1 fully saturated rings. The molecule has 0 amide bonds. The molecular formula is C12H22N4. The number of aromatic nitrogens is 2. The highest BCUT2D eigenvalue weighted by Gasteiger charge is 2.32. The van der Waals surface area contributed by atoms with Gasteiger partial charge in [0.05, 0.1) is 11.7 Å². The van der Waals surface area contributed by atoms with Gasteiger partial charge < -0.3 is 5.73 Å². The van der Waals surface area contributed by atoms with Gasteiger partial charge in [0.2, 0.25) is 0 Å². The molecule has 16 heavy (non-hydrogen) atoms. The van der Waals surface area contributed by atoms with Crippen molar-refractivity contribution in [3.8, 4) is 0 Å². The first kappa shape index (κ1) is 11.5. The van der Waals surface area contributed by atoms with Gasteiger partial charge in [-0.15, -0.1) is 0 Å². The van der Waals surface area contributed by atoms with E-state index in [1.165, 1.54) is 19.3 Å². The van der Waals surface area contributed by atoms with Gasteiger partial charge in [0.1, 0.15) is 5.82 Å². The zero-order chi connectivity index (χ0) is 11.8. The minimum Gasteiger partial charge on any atom is -0.382 e. The summed E-state index contributed by atoms with van der Waals surface area (Å²) in [6.45, 7) is 7.97. The third-order valence-corrected chi connectivity index (χ3v) is 3.34. The molecular weight excluding hydrogens is 200 g/mol. The van der Waals surface area contributed by atoms with E-state index in [1.807, 2.05) is 6.07 Å². The van der Waals surface area contributed by atoms with Crippen molar-refractivity contribution in [1.82, 2.24) is 15.1 Å². The van der Waals surface area contributed by atoms with Gasteiger partial charge in [-0.3, -0.25) is 10.00 Å². The highest BCUT2D eigenvalue weighted by atomic mass is 15.3. The topological polar surface area (TPSA) is 57.9 Å². The van der Waals surface area contributed by atoms with Gasteiger partial charge in [-0.2, -0.15) is 5.10 Å². The molecule has 90 valence electrons. The second-order valence-electron chi connectivity index (χ2n) is 5.62. The molecule has 0 saturated carbocycles. The van der Waals surface area contributed by atoms with Crippen molar-refractivity contribution in [2.24, 2.45) is 0 Å². The van der Waals surface area contributed by atoms with Gasteiger partial charge in [0, 0.05) is 11.6 Å². The van der Waals surface area contributed by atoms with Crippen LogP contribution in [0.1, 0.15) is 51.8 Å². The Morgan fingerprint density at radius 3 is 2.75 bits per heavy atom. The van der Waals surface area contributed by atoms with Gasteiger partial charge in [-0.05, 0) is 40.2 Å². The number of likely N-dealkylation sites (tertiary alicyclic amines) is 1. The molecule has 1 atom stereocenters. The number of rotatable bonds is 1. The summed E-state index contributed by atoms with van der Waals surface area (Å²) in [5, 5.41) is 7.09. The zero-order valence-corrected chi connectivity index (χ0v) is 10.5. The smallest absolute Gasteiger partial charge is 0.145 e. The SMILES string of the molecule is CC(C)(C)N1CCCCC1c1cc(N)n[nH]1. The van der Waals surface area contributed by atoms with Crippen molar-refractivity contribution < 1.29 is 0 Å². The van der Waals surface area contributed by atoms with E-state index in [4.69, 9.17) is 5.73 Å². The summed E-state index contributed by atoms with van der Waals surface area (Å²) in [7, 11) is 0. The molecule has 3 N–H and O–H groups in total. The Labute approximate surface area is 97.2 Å². The molecule has 4 nitrogen and oxygen atoms in total. The normalized spacial score (nSPS) is 23.6. The molecule has 4 heteroatoms. The lowest BCUT2D eigenvalue weighted by molar-refractivity contribution is 0.0488. The first-order valence-corrected chi connectivity index (χ1v) is 6.06. The average molecular weight is 222 g/mol. The van der Waals surface area contributed by atoms with Crippen molar-refractivity contribution in [3.63, 3.8) is 0 Å². The number of aromatic amines is 1. The molecule has 2 heterocycles. The standard InChI is InChI=1S/C12H22N4/c1-12(2,3)16-7-5-4-6-10(16)9-8-11(13)15-14-9/h8,10H,4-7H2,1-3H3,(H3,13,14,15). The third-order valence-electron chi connectivity index (χ3n) is 3.34. The monoisotopic (exact) mass is 222 g/mol. The van der Waals surface area contributed by atoms with Gasteiger partial charge in [-0.1, -0.05) is 6.42 Å². The van der Waals surface area contributed by atoms with Crippen LogP contribution < -0.4 is 5.73 Å². The largest absolute Gasteiger partial charge is 0.382 e. The number of piperidine rings is 1. The summed E-state index contributed by atoms with van der Waals surface area (Å²) in [5.41, 5.74) is 7.04. The van der Waals surface area contributed by atoms with Crippen molar-refractivity contribution in [1.29, 1.82) is 0 Å². The van der Waals surface area contributed by atoms with Crippen LogP contribution in [0.15, 0.2) is 6.07 Å². The molecule has 1 aliphatic rings. The van der Waals surface area contributed by atoms with Crippen LogP contribution in [0.25, 0.3) is 0 Å². The van der Waals surface area contributed by atoms with E-state index in [-0.39, 0.29) is 5.54 Å². The molecule has 0 spiro atoms. The Bertz CT molecular complexity index is 350. The van der Waals surface area contributed by atoms with E-state index in [9.17, 15) is 0 Å². The molecule has 0 aromatic carbocycles. The minimum atomic E-state index is 0.199. The number of nitrogen functional groups attached to an aromatic ring is 1. The summed E-state index contributed by atoms with van der Waals surface area (Å²) < 4.78 is 0. The van der Waals surface area contributed by atoms with Crippen LogP contribution in [0.5, 0.6) is 0 Å². The fourth-order valence-electron chi connectivity index (χ4n) is 2.58. The van der Waals surface area contributed by atoms with E-state index in [1.54, 1.807) is 0 Å². The number of nitrogens with zero attached hydrogens (tertiary/aromatic N) is 2. The number of nitrogens with one attached hydrogen (secondary N) is 1. The minimum absolute atomic E-state index is 0.199. The van der Waals surface area contributed by atoms with E-state index < -0.39 is 0 Å². The van der Waals surface area contributed by atoms with Gasteiger partial charge in [-0.25, -0.2) is 0 Å². The highest BCUT2D eigenvalue weighted by Crippen LogP contribution is 2.35. The number of nitrogens with two attached hydrogens (primary N) is 1. The zero-order valence-electron chi connectivity index (χ0n) is 10.5. The predicted molar refractivity (Wildman–Crippen MR) is 66.1 cm³/mol. The van der Waals surface area contributed by atoms with Crippen molar-refractivity contribution in [2.75, 3.05) is 12.3 Å². The average Bonchev–Trinajstić information content (AvgIpc) is 2.64.